The number of rotatable bonds is 3. The predicted octanol–water partition coefficient (Wildman–Crippen LogP) is 2.36. The molecule has 2 aromatic heterocycles. The van der Waals surface area contributed by atoms with Gasteiger partial charge in [0.2, 0.25) is 0 Å². The van der Waals surface area contributed by atoms with Crippen molar-refractivity contribution < 1.29 is 18.3 Å². The molecule has 3 heterocycles. The van der Waals surface area contributed by atoms with E-state index < -0.39 is 11.8 Å². The summed E-state index contributed by atoms with van der Waals surface area (Å²) in [6.45, 7) is 0.857. The van der Waals surface area contributed by atoms with Crippen LogP contribution in [-0.2, 0) is 6.54 Å². The van der Waals surface area contributed by atoms with Gasteiger partial charge >= 0.3 is 6.18 Å². The van der Waals surface area contributed by atoms with E-state index in [9.17, 15) is 18.3 Å². The lowest BCUT2D eigenvalue weighted by atomic mass is 9.90. The zero-order chi connectivity index (χ0) is 16.5. The summed E-state index contributed by atoms with van der Waals surface area (Å²) in [5.41, 5.74) is 0.0283. The maximum Gasteiger partial charge on any atom is 0.417 e. The molecule has 2 N–H and O–H groups in total. The average Bonchev–Trinajstić information content (AvgIpc) is 2.98. The van der Waals surface area contributed by atoms with Gasteiger partial charge in [-0.05, 0) is 25.0 Å². The van der Waals surface area contributed by atoms with Gasteiger partial charge in [-0.1, -0.05) is 0 Å². The number of nitrogens with one attached hydrogen (secondary N) is 1. The maximum absolute atomic E-state index is 12.8. The van der Waals surface area contributed by atoms with E-state index in [1.807, 2.05) is 17.0 Å². The van der Waals surface area contributed by atoms with Crippen LogP contribution < -0.4 is 0 Å². The second-order valence-electron chi connectivity index (χ2n) is 5.82. The summed E-state index contributed by atoms with van der Waals surface area (Å²) in [5, 5.41) is 16.6. The first-order valence-corrected chi connectivity index (χ1v) is 7.33. The van der Waals surface area contributed by atoms with Gasteiger partial charge in [-0.25, -0.2) is 0 Å². The summed E-state index contributed by atoms with van der Waals surface area (Å²) in [5.74, 6) is 0. The molecule has 0 aliphatic carbocycles. The van der Waals surface area contributed by atoms with Gasteiger partial charge in [-0.3, -0.25) is 15.0 Å². The highest BCUT2D eigenvalue weighted by Crippen LogP contribution is 2.38. The third-order valence-corrected chi connectivity index (χ3v) is 4.27. The Hall–Kier alpha value is -1.93. The molecule has 0 saturated carbocycles. The Morgan fingerprint density at radius 2 is 2.00 bits per heavy atom. The smallest absolute Gasteiger partial charge is 0.380 e. The summed E-state index contributed by atoms with van der Waals surface area (Å²) >= 11 is 0. The minimum atomic E-state index is -4.57. The number of hydrogen-bond acceptors (Lipinski definition) is 4. The minimum absolute atomic E-state index is 0.188. The molecule has 1 fully saturated rings. The van der Waals surface area contributed by atoms with Crippen molar-refractivity contribution in [3.63, 3.8) is 0 Å². The van der Waals surface area contributed by atoms with Gasteiger partial charge in [0.25, 0.3) is 0 Å². The van der Waals surface area contributed by atoms with E-state index in [4.69, 9.17) is 0 Å². The quantitative estimate of drug-likeness (QED) is 0.909. The van der Waals surface area contributed by atoms with Crippen LogP contribution in [0.4, 0.5) is 13.2 Å². The number of alkyl halides is 3. The second kappa shape index (κ2) is 5.93. The summed E-state index contributed by atoms with van der Waals surface area (Å²) in [6, 6.07) is 3.70. The van der Waals surface area contributed by atoms with E-state index in [1.165, 1.54) is 0 Å². The number of aliphatic hydroxyl groups is 1. The van der Waals surface area contributed by atoms with Crippen LogP contribution >= 0.6 is 0 Å². The monoisotopic (exact) mass is 326 g/mol. The second-order valence-corrected chi connectivity index (χ2v) is 5.82. The van der Waals surface area contributed by atoms with Crippen molar-refractivity contribution in [2.45, 2.75) is 31.2 Å². The SMILES string of the molecule is OC1(C(F)(F)F)CCN(Cc2cn[nH]c2-c2cccnc2)CC1. The van der Waals surface area contributed by atoms with Crippen molar-refractivity contribution in [1.82, 2.24) is 20.1 Å². The van der Waals surface area contributed by atoms with Crippen LogP contribution in [-0.4, -0.2) is 50.1 Å². The Morgan fingerprint density at radius 1 is 1.26 bits per heavy atom. The first kappa shape index (κ1) is 15.9. The molecular weight excluding hydrogens is 309 g/mol. The number of pyridine rings is 1. The molecule has 124 valence electrons. The Morgan fingerprint density at radius 3 is 2.61 bits per heavy atom. The standard InChI is InChI=1S/C15H17F3N4O/c16-15(17,18)14(23)3-6-22(7-4-14)10-12-9-20-21-13(12)11-2-1-5-19-8-11/h1-2,5,8-9,23H,3-4,6-7,10H2,(H,20,21). The normalized spacial score (nSPS) is 19.0. The van der Waals surface area contributed by atoms with Crippen LogP contribution in [0.1, 0.15) is 18.4 Å². The molecule has 1 saturated heterocycles. The van der Waals surface area contributed by atoms with Gasteiger partial charge in [-0.2, -0.15) is 18.3 Å². The highest BCUT2D eigenvalue weighted by molar-refractivity contribution is 5.61. The lowest BCUT2D eigenvalue weighted by Gasteiger charge is -2.39. The third-order valence-electron chi connectivity index (χ3n) is 4.27. The van der Waals surface area contributed by atoms with E-state index in [1.54, 1.807) is 18.6 Å². The van der Waals surface area contributed by atoms with Crippen molar-refractivity contribution in [3.8, 4) is 11.3 Å². The fraction of sp³-hybridized carbons (Fsp3) is 0.467. The van der Waals surface area contributed by atoms with E-state index in [2.05, 4.69) is 15.2 Å². The Bertz CT molecular complexity index is 648. The summed E-state index contributed by atoms with van der Waals surface area (Å²) in [4.78, 5) is 5.95. The van der Waals surface area contributed by atoms with Crippen LogP contribution in [0.3, 0.4) is 0 Å². The highest BCUT2D eigenvalue weighted by atomic mass is 19.4. The number of likely N-dealkylation sites (tertiary alicyclic amines) is 1. The number of nitrogens with zero attached hydrogens (tertiary/aromatic N) is 3. The van der Waals surface area contributed by atoms with Crippen molar-refractivity contribution >= 4 is 0 Å². The first-order valence-electron chi connectivity index (χ1n) is 7.33. The molecule has 0 bridgehead atoms. The average molecular weight is 326 g/mol. The van der Waals surface area contributed by atoms with Crippen LogP contribution in [0.15, 0.2) is 30.7 Å². The zero-order valence-electron chi connectivity index (χ0n) is 12.3. The fourth-order valence-electron chi connectivity index (χ4n) is 2.80. The van der Waals surface area contributed by atoms with Gasteiger partial charge in [-0.15, -0.1) is 0 Å². The predicted molar refractivity (Wildman–Crippen MR) is 77.3 cm³/mol. The first-order chi connectivity index (χ1) is 10.9. The molecule has 0 unspecified atom stereocenters. The van der Waals surface area contributed by atoms with Crippen molar-refractivity contribution in [3.05, 3.63) is 36.3 Å². The molecule has 0 amide bonds. The summed E-state index contributed by atoms with van der Waals surface area (Å²) in [6.07, 6.45) is -0.145. The van der Waals surface area contributed by atoms with Crippen LogP contribution in [0.2, 0.25) is 0 Å². The molecule has 0 radical (unpaired) electrons. The van der Waals surface area contributed by atoms with Gasteiger partial charge < -0.3 is 5.11 Å². The molecule has 2 aromatic rings. The fourth-order valence-corrected chi connectivity index (χ4v) is 2.80. The molecule has 23 heavy (non-hydrogen) atoms. The van der Waals surface area contributed by atoms with Gasteiger partial charge in [0.1, 0.15) is 0 Å². The Balaban J connectivity index is 1.68. The van der Waals surface area contributed by atoms with Crippen molar-refractivity contribution in [2.75, 3.05) is 13.1 Å². The number of halogens is 3. The molecule has 0 spiro atoms. The van der Waals surface area contributed by atoms with Crippen molar-refractivity contribution in [2.24, 2.45) is 0 Å². The third kappa shape index (κ3) is 3.23. The summed E-state index contributed by atoms with van der Waals surface area (Å²) < 4.78 is 38.5. The number of piperidine rings is 1. The molecule has 0 aromatic carbocycles. The van der Waals surface area contributed by atoms with Gasteiger partial charge in [0.05, 0.1) is 11.9 Å². The molecular formula is C15H17F3N4O. The van der Waals surface area contributed by atoms with Crippen LogP contribution in [0, 0.1) is 0 Å². The highest BCUT2D eigenvalue weighted by Gasteiger charge is 2.54. The number of aromatic amines is 1. The zero-order valence-corrected chi connectivity index (χ0v) is 12.3. The topological polar surface area (TPSA) is 65.0 Å². The Kier molecular flexibility index (Phi) is 4.11. The molecule has 1 aliphatic rings. The van der Waals surface area contributed by atoms with Gasteiger partial charge in [0, 0.05) is 43.2 Å². The Labute approximate surface area is 131 Å². The number of H-pyrrole nitrogens is 1. The molecule has 5 nitrogen and oxygen atoms in total. The van der Waals surface area contributed by atoms with Crippen LogP contribution in [0.25, 0.3) is 11.3 Å². The van der Waals surface area contributed by atoms with Gasteiger partial charge in [0.15, 0.2) is 5.60 Å². The van der Waals surface area contributed by atoms with E-state index in [-0.39, 0.29) is 25.9 Å². The number of hydrogen-bond donors (Lipinski definition) is 2. The summed E-state index contributed by atoms with van der Waals surface area (Å²) in [7, 11) is 0. The van der Waals surface area contributed by atoms with E-state index in [0.717, 1.165) is 16.8 Å². The van der Waals surface area contributed by atoms with E-state index in [0.29, 0.717) is 6.54 Å². The van der Waals surface area contributed by atoms with Crippen LogP contribution in [0.5, 0.6) is 0 Å². The maximum atomic E-state index is 12.8. The lowest BCUT2D eigenvalue weighted by molar-refractivity contribution is -0.272. The molecule has 0 atom stereocenters. The molecule has 3 rings (SSSR count). The lowest BCUT2D eigenvalue weighted by Crippen LogP contribution is -2.53. The van der Waals surface area contributed by atoms with E-state index >= 15 is 0 Å². The number of aromatic nitrogens is 3. The molecule has 1 aliphatic heterocycles. The minimum Gasteiger partial charge on any atom is -0.380 e. The molecule has 8 heteroatoms. The van der Waals surface area contributed by atoms with Crippen molar-refractivity contribution in [1.29, 1.82) is 0 Å². The largest absolute Gasteiger partial charge is 0.417 e.